The summed E-state index contributed by atoms with van der Waals surface area (Å²) in [5.74, 6) is -2.78. The lowest BCUT2D eigenvalue weighted by molar-refractivity contribution is -0.0791. The van der Waals surface area contributed by atoms with Gasteiger partial charge < -0.3 is 4.57 Å². The van der Waals surface area contributed by atoms with Crippen molar-refractivity contribution in [3.05, 3.63) is 54.0 Å². The van der Waals surface area contributed by atoms with Crippen LogP contribution in [0.1, 0.15) is 57.7 Å². The summed E-state index contributed by atoms with van der Waals surface area (Å²) in [6.07, 6.45) is 2.54. The molecule has 0 saturated heterocycles. The summed E-state index contributed by atoms with van der Waals surface area (Å²) in [5.41, 5.74) is 5.36. The minimum absolute atomic E-state index is 0.00735. The van der Waals surface area contributed by atoms with Crippen LogP contribution in [0.2, 0.25) is 0 Å². The normalized spacial score (nSPS) is 17.6. The van der Waals surface area contributed by atoms with Crippen LogP contribution >= 0.6 is 0 Å². The first kappa shape index (κ1) is 24.5. The molecule has 5 rings (SSSR count). The second-order valence-electron chi connectivity index (χ2n) is 11.2. The number of benzene rings is 1. The number of pyridine rings is 1. The number of nitrogens with zero attached hydrogens (tertiary/aromatic N) is 5. The van der Waals surface area contributed by atoms with Crippen molar-refractivity contribution in [2.75, 3.05) is 0 Å². The van der Waals surface area contributed by atoms with Crippen molar-refractivity contribution in [3.63, 3.8) is 0 Å². The molecule has 0 radical (unpaired) electrons. The standard InChI is InChI=1S/C28H32F3N5/c1-18-25(35(5)34-33-18)20-14-23-24(32-15-20)22(19-6-8-21(9-7-19)26(2,3)4)16-36(23)17-27(29)10-12-28(30,31)13-11-27/h6-9,14-16H,10-13,17H2,1-5H3. The SMILES string of the molecule is Cc1nnn(C)c1-c1cnc2c(-c3ccc(C(C)(C)C)cc3)cn(CC3(F)CCC(F)(F)CC3)c2c1. The molecule has 8 heteroatoms. The highest BCUT2D eigenvalue weighted by molar-refractivity contribution is 5.94. The zero-order valence-electron chi connectivity index (χ0n) is 21.4. The summed E-state index contributed by atoms with van der Waals surface area (Å²) in [4.78, 5) is 4.79. The molecule has 0 N–H and O–H groups in total. The third-order valence-electron chi connectivity index (χ3n) is 7.38. The molecule has 0 bridgehead atoms. The fourth-order valence-corrected chi connectivity index (χ4v) is 5.17. The first-order valence-electron chi connectivity index (χ1n) is 12.4. The Balaban J connectivity index is 1.61. The molecule has 5 nitrogen and oxygen atoms in total. The minimum Gasteiger partial charge on any atom is -0.342 e. The maximum Gasteiger partial charge on any atom is 0.248 e. The molecular formula is C28H32F3N5. The summed E-state index contributed by atoms with van der Waals surface area (Å²) in [5, 5.41) is 8.24. The number of halogens is 3. The lowest BCUT2D eigenvalue weighted by Crippen LogP contribution is -2.38. The number of aryl methyl sites for hydroxylation is 2. The third kappa shape index (κ3) is 4.53. The second kappa shape index (κ2) is 8.46. The Morgan fingerprint density at radius 2 is 1.64 bits per heavy atom. The van der Waals surface area contributed by atoms with Gasteiger partial charge in [0.05, 0.1) is 29.0 Å². The fraction of sp³-hybridized carbons (Fsp3) is 0.464. The molecule has 0 unspecified atom stereocenters. The van der Waals surface area contributed by atoms with Crippen molar-refractivity contribution in [1.82, 2.24) is 24.5 Å². The van der Waals surface area contributed by atoms with Crippen LogP contribution in [0.15, 0.2) is 42.7 Å². The highest BCUT2D eigenvalue weighted by Crippen LogP contribution is 2.43. The first-order chi connectivity index (χ1) is 16.9. The fourth-order valence-electron chi connectivity index (χ4n) is 5.17. The highest BCUT2D eigenvalue weighted by Gasteiger charge is 2.44. The van der Waals surface area contributed by atoms with Gasteiger partial charge in [0, 0.05) is 43.4 Å². The molecule has 0 aliphatic heterocycles. The Kier molecular flexibility index (Phi) is 5.76. The number of hydrogen-bond acceptors (Lipinski definition) is 3. The molecule has 4 aromatic rings. The van der Waals surface area contributed by atoms with E-state index in [4.69, 9.17) is 4.98 Å². The molecule has 190 valence electrons. The van der Waals surface area contributed by atoms with Gasteiger partial charge in [0.2, 0.25) is 5.92 Å². The predicted molar refractivity (Wildman–Crippen MR) is 136 cm³/mol. The Morgan fingerprint density at radius 3 is 2.22 bits per heavy atom. The van der Waals surface area contributed by atoms with Gasteiger partial charge in [-0.15, -0.1) is 5.10 Å². The quantitative estimate of drug-likeness (QED) is 0.306. The molecule has 0 atom stereocenters. The zero-order valence-corrected chi connectivity index (χ0v) is 21.4. The number of hydrogen-bond donors (Lipinski definition) is 0. The molecule has 1 aliphatic carbocycles. The van der Waals surface area contributed by atoms with E-state index in [9.17, 15) is 8.78 Å². The molecule has 36 heavy (non-hydrogen) atoms. The van der Waals surface area contributed by atoms with Gasteiger partial charge in [0.25, 0.3) is 0 Å². The van der Waals surface area contributed by atoms with Gasteiger partial charge in [-0.05, 0) is 42.4 Å². The van der Waals surface area contributed by atoms with Crippen molar-refractivity contribution < 1.29 is 13.2 Å². The van der Waals surface area contributed by atoms with Crippen LogP contribution in [0, 0.1) is 6.92 Å². The largest absolute Gasteiger partial charge is 0.342 e. The van der Waals surface area contributed by atoms with Gasteiger partial charge in [0.15, 0.2) is 0 Å². The average molecular weight is 496 g/mol. The van der Waals surface area contributed by atoms with E-state index in [1.54, 1.807) is 10.9 Å². The van der Waals surface area contributed by atoms with E-state index in [0.29, 0.717) is 0 Å². The van der Waals surface area contributed by atoms with E-state index in [2.05, 4.69) is 55.3 Å². The number of fused-ring (bicyclic) bond motifs is 1. The van der Waals surface area contributed by atoms with Crippen LogP contribution in [-0.2, 0) is 19.0 Å². The van der Waals surface area contributed by atoms with Crippen LogP contribution in [0.3, 0.4) is 0 Å². The Morgan fingerprint density at radius 1 is 0.972 bits per heavy atom. The summed E-state index contributed by atoms with van der Waals surface area (Å²) in [6.45, 7) is 8.39. The first-order valence-corrected chi connectivity index (χ1v) is 12.4. The molecule has 3 heterocycles. The van der Waals surface area contributed by atoms with E-state index in [0.717, 1.165) is 39.1 Å². The van der Waals surface area contributed by atoms with Crippen LogP contribution in [0.4, 0.5) is 13.2 Å². The van der Waals surface area contributed by atoms with Gasteiger partial charge in [-0.3, -0.25) is 4.98 Å². The summed E-state index contributed by atoms with van der Waals surface area (Å²) >= 11 is 0. The van der Waals surface area contributed by atoms with Gasteiger partial charge >= 0.3 is 0 Å². The van der Waals surface area contributed by atoms with Gasteiger partial charge in [-0.25, -0.2) is 17.9 Å². The smallest absolute Gasteiger partial charge is 0.248 e. The predicted octanol–water partition coefficient (Wildman–Crippen LogP) is 7.02. The van der Waals surface area contributed by atoms with Gasteiger partial charge in [-0.2, -0.15) is 0 Å². The number of alkyl halides is 3. The molecule has 1 saturated carbocycles. The van der Waals surface area contributed by atoms with E-state index < -0.39 is 24.4 Å². The topological polar surface area (TPSA) is 48.5 Å². The minimum atomic E-state index is -2.78. The van der Waals surface area contributed by atoms with Crippen LogP contribution in [0.25, 0.3) is 33.4 Å². The van der Waals surface area contributed by atoms with Crippen LogP contribution < -0.4 is 0 Å². The third-order valence-corrected chi connectivity index (χ3v) is 7.38. The van der Waals surface area contributed by atoms with E-state index in [-0.39, 0.29) is 24.8 Å². The second-order valence-corrected chi connectivity index (χ2v) is 11.2. The van der Waals surface area contributed by atoms with Gasteiger partial charge in [-0.1, -0.05) is 50.3 Å². The molecule has 0 amide bonds. The van der Waals surface area contributed by atoms with Gasteiger partial charge in [0.1, 0.15) is 5.67 Å². The van der Waals surface area contributed by atoms with Crippen molar-refractivity contribution in [2.24, 2.45) is 7.05 Å². The molecule has 1 aliphatic rings. The van der Waals surface area contributed by atoms with Crippen molar-refractivity contribution in [1.29, 1.82) is 0 Å². The van der Waals surface area contributed by atoms with Crippen LogP contribution in [0.5, 0.6) is 0 Å². The lowest BCUT2D eigenvalue weighted by Gasteiger charge is -2.34. The maximum atomic E-state index is 15.8. The Hall–Kier alpha value is -3.16. The Bertz CT molecular complexity index is 1380. The molecule has 1 fully saturated rings. The van der Waals surface area contributed by atoms with Crippen molar-refractivity contribution in [3.8, 4) is 22.4 Å². The van der Waals surface area contributed by atoms with Crippen molar-refractivity contribution in [2.45, 2.75) is 76.9 Å². The monoisotopic (exact) mass is 495 g/mol. The summed E-state index contributed by atoms with van der Waals surface area (Å²) in [7, 11) is 1.82. The van der Waals surface area contributed by atoms with Crippen LogP contribution in [-0.4, -0.2) is 36.1 Å². The molecule has 1 aromatic carbocycles. The Labute approximate surface area is 209 Å². The number of rotatable bonds is 4. The zero-order chi connectivity index (χ0) is 25.9. The summed E-state index contributed by atoms with van der Waals surface area (Å²) < 4.78 is 46.9. The maximum absolute atomic E-state index is 15.8. The average Bonchev–Trinajstić information content (AvgIpc) is 3.34. The van der Waals surface area contributed by atoms with Crippen molar-refractivity contribution >= 4 is 11.0 Å². The highest BCUT2D eigenvalue weighted by atomic mass is 19.3. The number of aromatic nitrogens is 5. The summed E-state index contributed by atoms with van der Waals surface area (Å²) in [6, 6.07) is 10.3. The molecule has 0 spiro atoms. The lowest BCUT2D eigenvalue weighted by atomic mass is 9.84. The molecule has 3 aromatic heterocycles. The molecular weight excluding hydrogens is 463 g/mol. The van der Waals surface area contributed by atoms with E-state index >= 15 is 4.39 Å². The van der Waals surface area contributed by atoms with E-state index in [1.807, 2.05) is 30.8 Å². The van der Waals surface area contributed by atoms with E-state index in [1.165, 1.54) is 5.56 Å².